The molecule has 8 heteroatoms. The Morgan fingerprint density at radius 1 is 0.967 bits per heavy atom. The van der Waals surface area contributed by atoms with Crippen LogP contribution in [0.2, 0.25) is 0 Å². The molecule has 2 aromatic rings. The Labute approximate surface area is 177 Å². The first kappa shape index (κ1) is 22.0. The predicted octanol–water partition coefficient (Wildman–Crippen LogP) is 3.27. The van der Waals surface area contributed by atoms with Crippen molar-refractivity contribution in [2.75, 3.05) is 25.0 Å². The number of hydrogen-bond donors (Lipinski definition) is 1. The van der Waals surface area contributed by atoms with E-state index in [9.17, 15) is 18.0 Å². The van der Waals surface area contributed by atoms with Gasteiger partial charge in [-0.1, -0.05) is 12.5 Å². The zero-order valence-corrected chi connectivity index (χ0v) is 18.0. The second kappa shape index (κ2) is 9.40. The van der Waals surface area contributed by atoms with Crippen LogP contribution in [0.15, 0.2) is 47.4 Å². The van der Waals surface area contributed by atoms with E-state index in [2.05, 4.69) is 5.32 Å². The maximum Gasteiger partial charge on any atom is 0.338 e. The third-order valence-electron chi connectivity index (χ3n) is 5.17. The summed E-state index contributed by atoms with van der Waals surface area (Å²) >= 11 is 0. The summed E-state index contributed by atoms with van der Waals surface area (Å²) in [5.74, 6) is -1.07. The van der Waals surface area contributed by atoms with Crippen LogP contribution in [-0.4, -0.2) is 44.3 Å². The minimum Gasteiger partial charge on any atom is -0.452 e. The lowest BCUT2D eigenvalue weighted by Crippen LogP contribution is -2.35. The highest BCUT2D eigenvalue weighted by atomic mass is 32.2. The van der Waals surface area contributed by atoms with E-state index in [0.717, 1.165) is 30.4 Å². The van der Waals surface area contributed by atoms with Gasteiger partial charge in [-0.05, 0) is 74.2 Å². The molecule has 0 saturated carbocycles. The fourth-order valence-electron chi connectivity index (χ4n) is 3.24. The van der Waals surface area contributed by atoms with Gasteiger partial charge in [-0.25, -0.2) is 13.2 Å². The van der Waals surface area contributed by atoms with Gasteiger partial charge in [0.05, 0.1) is 10.5 Å². The number of benzene rings is 2. The minimum absolute atomic E-state index is 0.198. The maximum atomic E-state index is 12.7. The van der Waals surface area contributed by atoms with Crippen molar-refractivity contribution in [3.63, 3.8) is 0 Å². The van der Waals surface area contributed by atoms with Gasteiger partial charge in [-0.15, -0.1) is 0 Å². The number of esters is 1. The van der Waals surface area contributed by atoms with Crippen molar-refractivity contribution in [1.29, 1.82) is 0 Å². The summed E-state index contributed by atoms with van der Waals surface area (Å²) in [7, 11) is -3.51. The first-order chi connectivity index (χ1) is 14.3. The summed E-state index contributed by atoms with van der Waals surface area (Å²) in [4.78, 5) is 24.4. The molecule has 30 heavy (non-hydrogen) atoms. The molecule has 1 aliphatic heterocycles. The summed E-state index contributed by atoms with van der Waals surface area (Å²) in [5.41, 5.74) is 2.85. The molecule has 1 heterocycles. The van der Waals surface area contributed by atoms with E-state index in [1.165, 1.54) is 28.6 Å². The highest BCUT2D eigenvalue weighted by Crippen LogP contribution is 2.22. The summed E-state index contributed by atoms with van der Waals surface area (Å²) < 4.78 is 31.9. The standard InChI is InChI=1S/C22H26N2O5S/c1-16-6-7-18(14-17(16)2)22(26)29-15-21(25)23-19-8-10-20(11-9-19)30(27,28)24-12-4-3-5-13-24/h6-11,14H,3-5,12-13,15H2,1-2H3,(H,23,25). The summed E-state index contributed by atoms with van der Waals surface area (Å²) in [5, 5.41) is 2.60. The van der Waals surface area contributed by atoms with Crippen LogP contribution in [0.3, 0.4) is 0 Å². The Bertz CT molecular complexity index is 1030. The number of amides is 1. The number of carbonyl (C=O) groups is 2. The van der Waals surface area contributed by atoms with Gasteiger partial charge in [0, 0.05) is 18.8 Å². The molecule has 0 unspecified atom stereocenters. The Kier molecular flexibility index (Phi) is 6.89. The number of carbonyl (C=O) groups excluding carboxylic acids is 2. The van der Waals surface area contributed by atoms with E-state index in [-0.39, 0.29) is 4.90 Å². The smallest absolute Gasteiger partial charge is 0.338 e. The SMILES string of the molecule is Cc1ccc(C(=O)OCC(=O)Nc2ccc(S(=O)(=O)N3CCCCC3)cc2)cc1C. The maximum absolute atomic E-state index is 12.7. The van der Waals surface area contributed by atoms with Crippen molar-refractivity contribution >= 4 is 27.6 Å². The van der Waals surface area contributed by atoms with Crippen molar-refractivity contribution in [2.24, 2.45) is 0 Å². The number of anilines is 1. The molecule has 0 spiro atoms. The Morgan fingerprint density at radius 2 is 1.63 bits per heavy atom. The zero-order chi connectivity index (χ0) is 21.7. The average Bonchev–Trinajstić information content (AvgIpc) is 2.75. The van der Waals surface area contributed by atoms with E-state index in [0.29, 0.717) is 24.3 Å². The van der Waals surface area contributed by atoms with Crippen molar-refractivity contribution in [2.45, 2.75) is 38.0 Å². The van der Waals surface area contributed by atoms with E-state index in [4.69, 9.17) is 4.74 Å². The molecule has 7 nitrogen and oxygen atoms in total. The van der Waals surface area contributed by atoms with Gasteiger partial charge in [0.25, 0.3) is 5.91 Å². The number of piperidine rings is 1. The Hall–Kier alpha value is -2.71. The summed E-state index contributed by atoms with van der Waals surface area (Å²) in [6, 6.07) is 11.2. The van der Waals surface area contributed by atoms with Gasteiger partial charge >= 0.3 is 5.97 Å². The molecule has 3 rings (SSSR count). The van der Waals surface area contributed by atoms with Crippen LogP contribution in [0.25, 0.3) is 0 Å². The van der Waals surface area contributed by atoms with Crippen LogP contribution in [0.4, 0.5) is 5.69 Å². The molecule has 2 aromatic carbocycles. The number of ether oxygens (including phenoxy) is 1. The van der Waals surface area contributed by atoms with Crippen molar-refractivity contribution in [3.05, 3.63) is 59.2 Å². The van der Waals surface area contributed by atoms with Gasteiger partial charge in [-0.2, -0.15) is 4.31 Å². The molecule has 1 fully saturated rings. The highest BCUT2D eigenvalue weighted by Gasteiger charge is 2.25. The summed E-state index contributed by atoms with van der Waals surface area (Å²) in [6.45, 7) is 4.48. The highest BCUT2D eigenvalue weighted by molar-refractivity contribution is 7.89. The second-order valence-electron chi connectivity index (χ2n) is 7.41. The number of hydrogen-bond acceptors (Lipinski definition) is 5. The minimum atomic E-state index is -3.51. The van der Waals surface area contributed by atoms with Crippen molar-refractivity contribution < 1.29 is 22.7 Å². The molecule has 0 aromatic heterocycles. The van der Waals surface area contributed by atoms with Gasteiger partial charge in [0.1, 0.15) is 0 Å². The molecule has 0 radical (unpaired) electrons. The van der Waals surface area contributed by atoms with Gasteiger partial charge in [0.2, 0.25) is 10.0 Å². The lowest BCUT2D eigenvalue weighted by Gasteiger charge is -2.25. The number of rotatable bonds is 6. The number of aryl methyl sites for hydroxylation is 2. The number of sulfonamides is 1. The molecule has 0 aliphatic carbocycles. The molecule has 1 N–H and O–H groups in total. The molecule has 1 aliphatic rings. The van der Waals surface area contributed by atoms with Crippen LogP contribution in [-0.2, 0) is 19.6 Å². The first-order valence-electron chi connectivity index (χ1n) is 9.92. The molecular formula is C22H26N2O5S. The summed E-state index contributed by atoms with van der Waals surface area (Å²) in [6.07, 6.45) is 2.79. The largest absolute Gasteiger partial charge is 0.452 e. The Balaban J connectivity index is 1.55. The van der Waals surface area contributed by atoms with Gasteiger partial charge in [-0.3, -0.25) is 4.79 Å². The number of nitrogens with one attached hydrogen (secondary N) is 1. The third-order valence-corrected chi connectivity index (χ3v) is 7.08. The van der Waals surface area contributed by atoms with Crippen LogP contribution >= 0.6 is 0 Å². The molecular weight excluding hydrogens is 404 g/mol. The van der Waals surface area contributed by atoms with E-state index in [1.54, 1.807) is 12.1 Å². The molecule has 1 saturated heterocycles. The normalized spacial score (nSPS) is 14.9. The fourth-order valence-corrected chi connectivity index (χ4v) is 4.76. The first-order valence-corrected chi connectivity index (χ1v) is 11.4. The second-order valence-corrected chi connectivity index (χ2v) is 9.35. The van der Waals surface area contributed by atoms with Crippen molar-refractivity contribution in [1.82, 2.24) is 4.31 Å². The van der Waals surface area contributed by atoms with E-state index in [1.807, 2.05) is 19.9 Å². The van der Waals surface area contributed by atoms with Crippen LogP contribution in [0, 0.1) is 13.8 Å². The quantitative estimate of drug-likeness (QED) is 0.710. The molecule has 1 amide bonds. The molecule has 0 atom stereocenters. The molecule has 160 valence electrons. The average molecular weight is 431 g/mol. The lowest BCUT2D eigenvalue weighted by molar-refractivity contribution is -0.119. The fraction of sp³-hybridized carbons (Fsp3) is 0.364. The van der Waals surface area contributed by atoms with Crippen LogP contribution in [0.1, 0.15) is 40.7 Å². The predicted molar refractivity (Wildman–Crippen MR) is 114 cm³/mol. The number of nitrogens with zero attached hydrogens (tertiary/aromatic N) is 1. The monoisotopic (exact) mass is 430 g/mol. The van der Waals surface area contributed by atoms with Crippen molar-refractivity contribution in [3.8, 4) is 0 Å². The third kappa shape index (κ3) is 5.25. The topological polar surface area (TPSA) is 92.8 Å². The molecule has 0 bridgehead atoms. The van der Waals surface area contributed by atoms with Gasteiger partial charge in [0.15, 0.2) is 6.61 Å². The van der Waals surface area contributed by atoms with Gasteiger partial charge < -0.3 is 10.1 Å². The zero-order valence-electron chi connectivity index (χ0n) is 17.2. The van der Waals surface area contributed by atoms with E-state index < -0.39 is 28.5 Å². The van der Waals surface area contributed by atoms with Crippen LogP contribution in [0.5, 0.6) is 0 Å². The van der Waals surface area contributed by atoms with Crippen LogP contribution < -0.4 is 5.32 Å². The lowest BCUT2D eigenvalue weighted by atomic mass is 10.1. The Morgan fingerprint density at radius 3 is 2.27 bits per heavy atom. The van der Waals surface area contributed by atoms with E-state index >= 15 is 0 Å².